The van der Waals surface area contributed by atoms with Crippen LogP contribution in [-0.4, -0.2) is 0 Å². The first-order valence-corrected chi connectivity index (χ1v) is 10.2. The third-order valence-electron chi connectivity index (χ3n) is 6.27. The topological polar surface area (TPSA) is 0 Å². The fraction of sp³-hybridized carbons (Fsp3) is 0.652. The van der Waals surface area contributed by atoms with E-state index in [1.807, 2.05) is 6.07 Å². The van der Waals surface area contributed by atoms with Crippen molar-refractivity contribution >= 4 is 6.08 Å². The summed E-state index contributed by atoms with van der Waals surface area (Å²) in [7, 11) is 0. The zero-order chi connectivity index (χ0) is 16.8. The highest BCUT2D eigenvalue weighted by Gasteiger charge is 2.21. The summed E-state index contributed by atoms with van der Waals surface area (Å²) in [6.07, 6.45) is 18.2. The van der Waals surface area contributed by atoms with Crippen LogP contribution in [0.4, 0.5) is 4.39 Å². The standard InChI is InChI=1S/C23H33F/c1-2-3-4-6-18-9-11-19(12-10-18)13-14-20-15-16-22-21(17-20)7-5-8-23(22)24/h5,7-8,17-19H,2-4,6,9-16H2,1H3. The Morgan fingerprint density at radius 2 is 1.71 bits per heavy atom. The summed E-state index contributed by atoms with van der Waals surface area (Å²) >= 11 is 0. The molecule has 2 aliphatic carbocycles. The molecule has 2 aliphatic rings. The van der Waals surface area contributed by atoms with Crippen molar-refractivity contribution in [3.63, 3.8) is 0 Å². The minimum atomic E-state index is -0.0239. The molecule has 0 atom stereocenters. The molecule has 0 unspecified atom stereocenters. The summed E-state index contributed by atoms with van der Waals surface area (Å²) in [6, 6.07) is 5.50. The molecule has 1 fully saturated rings. The van der Waals surface area contributed by atoms with Gasteiger partial charge in [0.1, 0.15) is 5.82 Å². The normalized spacial score (nSPS) is 23.7. The fourth-order valence-corrected chi connectivity index (χ4v) is 4.63. The molecular formula is C23H33F. The lowest BCUT2D eigenvalue weighted by Gasteiger charge is -2.29. The molecule has 0 saturated heterocycles. The molecule has 1 aromatic rings. The first-order valence-electron chi connectivity index (χ1n) is 10.2. The predicted octanol–water partition coefficient (Wildman–Crippen LogP) is 7.32. The van der Waals surface area contributed by atoms with Gasteiger partial charge < -0.3 is 0 Å². The first-order chi connectivity index (χ1) is 11.8. The highest BCUT2D eigenvalue weighted by molar-refractivity contribution is 5.59. The minimum Gasteiger partial charge on any atom is -0.207 e. The molecule has 1 heteroatoms. The SMILES string of the molecule is CCCCCC1CCC(CCC2=Cc3cccc(F)c3CC2)CC1. The summed E-state index contributed by atoms with van der Waals surface area (Å²) in [5.74, 6) is 1.92. The Hall–Kier alpha value is -1.11. The molecule has 0 amide bonds. The van der Waals surface area contributed by atoms with Crippen LogP contribution < -0.4 is 0 Å². The monoisotopic (exact) mass is 328 g/mol. The quantitative estimate of drug-likeness (QED) is 0.460. The Bertz CT molecular complexity index is 549. The number of hydrogen-bond donors (Lipinski definition) is 0. The number of rotatable bonds is 7. The van der Waals surface area contributed by atoms with Crippen LogP contribution in [0.3, 0.4) is 0 Å². The number of halogens is 1. The van der Waals surface area contributed by atoms with Crippen molar-refractivity contribution < 1.29 is 4.39 Å². The number of hydrogen-bond acceptors (Lipinski definition) is 0. The summed E-state index contributed by atoms with van der Waals surface area (Å²) in [4.78, 5) is 0. The highest BCUT2D eigenvalue weighted by atomic mass is 19.1. The van der Waals surface area contributed by atoms with E-state index in [1.54, 1.807) is 6.07 Å². The molecule has 1 aromatic carbocycles. The van der Waals surface area contributed by atoms with Crippen molar-refractivity contribution in [3.8, 4) is 0 Å². The molecule has 0 N–H and O–H groups in total. The number of fused-ring (bicyclic) bond motifs is 1. The van der Waals surface area contributed by atoms with Gasteiger partial charge >= 0.3 is 0 Å². The smallest absolute Gasteiger partial charge is 0.127 e. The van der Waals surface area contributed by atoms with Crippen molar-refractivity contribution in [2.75, 3.05) is 0 Å². The van der Waals surface area contributed by atoms with Crippen molar-refractivity contribution in [1.82, 2.24) is 0 Å². The van der Waals surface area contributed by atoms with E-state index < -0.39 is 0 Å². The van der Waals surface area contributed by atoms with Crippen LogP contribution in [0.15, 0.2) is 23.8 Å². The summed E-state index contributed by atoms with van der Waals surface area (Å²) in [6.45, 7) is 2.30. The van der Waals surface area contributed by atoms with Crippen molar-refractivity contribution in [3.05, 3.63) is 40.7 Å². The summed E-state index contributed by atoms with van der Waals surface area (Å²) in [5.41, 5.74) is 3.59. The Morgan fingerprint density at radius 3 is 2.46 bits per heavy atom. The number of unbranched alkanes of at least 4 members (excludes halogenated alkanes) is 2. The van der Waals surface area contributed by atoms with Crippen LogP contribution in [0, 0.1) is 17.7 Å². The Kier molecular flexibility index (Phi) is 6.51. The lowest BCUT2D eigenvalue weighted by atomic mass is 9.77. The largest absolute Gasteiger partial charge is 0.207 e. The van der Waals surface area contributed by atoms with Crippen molar-refractivity contribution in [1.29, 1.82) is 0 Å². The molecular weight excluding hydrogens is 295 g/mol. The van der Waals surface area contributed by atoms with Crippen LogP contribution in [0.25, 0.3) is 6.08 Å². The van der Waals surface area contributed by atoms with E-state index in [-0.39, 0.29) is 5.82 Å². The van der Waals surface area contributed by atoms with E-state index in [9.17, 15) is 4.39 Å². The highest BCUT2D eigenvalue weighted by Crippen LogP contribution is 2.36. The maximum Gasteiger partial charge on any atom is 0.127 e. The van der Waals surface area contributed by atoms with Gasteiger partial charge in [0.05, 0.1) is 0 Å². The van der Waals surface area contributed by atoms with Gasteiger partial charge in [0.2, 0.25) is 0 Å². The molecule has 1 saturated carbocycles. The van der Waals surface area contributed by atoms with Gasteiger partial charge in [0.25, 0.3) is 0 Å². The summed E-state index contributed by atoms with van der Waals surface area (Å²) in [5, 5.41) is 0. The Labute approximate surface area is 147 Å². The first kappa shape index (κ1) is 17.7. The average molecular weight is 329 g/mol. The van der Waals surface area contributed by atoms with Crippen LogP contribution in [-0.2, 0) is 6.42 Å². The molecule has 0 spiro atoms. The van der Waals surface area contributed by atoms with Crippen LogP contribution in [0.5, 0.6) is 0 Å². The molecule has 0 aliphatic heterocycles. The lowest BCUT2D eigenvalue weighted by molar-refractivity contribution is 0.249. The lowest BCUT2D eigenvalue weighted by Crippen LogP contribution is -2.15. The van der Waals surface area contributed by atoms with Crippen LogP contribution in [0.1, 0.15) is 88.7 Å². The maximum atomic E-state index is 13.8. The minimum absolute atomic E-state index is 0.0239. The van der Waals surface area contributed by atoms with E-state index in [4.69, 9.17) is 0 Å². The predicted molar refractivity (Wildman–Crippen MR) is 102 cm³/mol. The van der Waals surface area contributed by atoms with Crippen LogP contribution in [0.2, 0.25) is 0 Å². The van der Waals surface area contributed by atoms with E-state index in [0.29, 0.717) is 0 Å². The van der Waals surface area contributed by atoms with E-state index in [1.165, 1.54) is 69.8 Å². The second-order valence-electron chi connectivity index (χ2n) is 8.03. The van der Waals surface area contributed by atoms with Crippen molar-refractivity contribution in [2.24, 2.45) is 11.8 Å². The van der Waals surface area contributed by atoms with E-state index >= 15 is 0 Å². The number of benzene rings is 1. The van der Waals surface area contributed by atoms with Gasteiger partial charge in [-0.2, -0.15) is 0 Å². The van der Waals surface area contributed by atoms with Crippen molar-refractivity contribution in [2.45, 2.75) is 84.0 Å². The van der Waals surface area contributed by atoms with Gasteiger partial charge in [-0.1, -0.05) is 82.1 Å². The van der Waals surface area contributed by atoms with Gasteiger partial charge in [-0.15, -0.1) is 0 Å². The zero-order valence-corrected chi connectivity index (χ0v) is 15.3. The average Bonchev–Trinajstić information content (AvgIpc) is 2.61. The molecule has 0 radical (unpaired) electrons. The molecule has 0 nitrogen and oxygen atoms in total. The summed E-state index contributed by atoms with van der Waals surface area (Å²) < 4.78 is 13.8. The number of allylic oxidation sites excluding steroid dienone is 1. The van der Waals surface area contributed by atoms with Gasteiger partial charge in [-0.25, -0.2) is 4.39 Å². The molecule has 0 bridgehead atoms. The second kappa shape index (κ2) is 8.83. The van der Waals surface area contributed by atoms with E-state index in [0.717, 1.165) is 35.8 Å². The van der Waals surface area contributed by atoms with Gasteiger partial charge in [0.15, 0.2) is 0 Å². The molecule has 3 rings (SSSR count). The molecule has 24 heavy (non-hydrogen) atoms. The Morgan fingerprint density at radius 1 is 0.958 bits per heavy atom. The second-order valence-corrected chi connectivity index (χ2v) is 8.03. The molecule has 0 aromatic heterocycles. The zero-order valence-electron chi connectivity index (χ0n) is 15.3. The molecule has 132 valence electrons. The Balaban J connectivity index is 1.43. The molecule has 0 heterocycles. The fourth-order valence-electron chi connectivity index (χ4n) is 4.63. The third kappa shape index (κ3) is 4.71. The van der Waals surface area contributed by atoms with Crippen LogP contribution >= 0.6 is 0 Å². The maximum absolute atomic E-state index is 13.8. The van der Waals surface area contributed by atoms with Gasteiger partial charge in [0, 0.05) is 0 Å². The van der Waals surface area contributed by atoms with E-state index in [2.05, 4.69) is 19.1 Å². The van der Waals surface area contributed by atoms with Gasteiger partial charge in [-0.05, 0) is 54.7 Å². The van der Waals surface area contributed by atoms with Gasteiger partial charge in [-0.3, -0.25) is 0 Å². The third-order valence-corrected chi connectivity index (χ3v) is 6.27.